The Morgan fingerprint density at radius 2 is 1.83 bits per heavy atom. The van der Waals surface area contributed by atoms with E-state index in [1.54, 1.807) is 6.92 Å². The summed E-state index contributed by atoms with van der Waals surface area (Å²) < 4.78 is 0. The number of aryl methyl sites for hydroxylation is 2. The van der Waals surface area contributed by atoms with E-state index < -0.39 is 5.97 Å². The first-order valence-corrected chi connectivity index (χ1v) is 5.29. The standard InChI is InChI=1S/C14H12NO2.Y/c1-9-8-12(11-6-4-3-5-7-11)13(14(16)17)10(2)15-9;/h3-7H,1-2H3,(H,16,17);/q-1;. The zero-order valence-electron chi connectivity index (χ0n) is 10.3. The largest absolute Gasteiger partial charge is 0.487 e. The Bertz CT molecular complexity index is 568. The molecule has 0 amide bonds. The topological polar surface area (TPSA) is 50.2 Å². The second-order valence-electron chi connectivity index (χ2n) is 3.83. The first-order chi connectivity index (χ1) is 8.09. The van der Waals surface area contributed by atoms with Crippen molar-refractivity contribution in [3.63, 3.8) is 0 Å². The van der Waals surface area contributed by atoms with Gasteiger partial charge in [0.2, 0.25) is 0 Å². The van der Waals surface area contributed by atoms with E-state index in [9.17, 15) is 9.90 Å². The average Bonchev–Trinajstić information content (AvgIpc) is 2.28. The molecule has 0 unspecified atom stereocenters. The Morgan fingerprint density at radius 1 is 1.22 bits per heavy atom. The van der Waals surface area contributed by atoms with Crippen molar-refractivity contribution in [2.45, 2.75) is 13.8 Å². The monoisotopic (exact) mass is 315 g/mol. The van der Waals surface area contributed by atoms with Gasteiger partial charge >= 0.3 is 0 Å². The summed E-state index contributed by atoms with van der Waals surface area (Å²) >= 11 is 0. The van der Waals surface area contributed by atoms with Crippen LogP contribution in [0.1, 0.15) is 21.7 Å². The van der Waals surface area contributed by atoms with Crippen molar-refractivity contribution in [3.05, 3.63) is 53.3 Å². The van der Waals surface area contributed by atoms with Gasteiger partial charge in [0.05, 0.1) is 0 Å². The molecule has 0 aliphatic rings. The quantitative estimate of drug-likeness (QED) is 0.867. The van der Waals surface area contributed by atoms with Gasteiger partial charge in [-0.25, -0.2) is 0 Å². The predicted octanol–water partition coefficient (Wildman–Crippen LogP) is 2.86. The van der Waals surface area contributed by atoms with Gasteiger partial charge in [0.1, 0.15) is 0 Å². The smallest absolute Gasteiger partial charge is 0.281 e. The van der Waals surface area contributed by atoms with Gasteiger partial charge < -0.3 is 5.11 Å². The molecular weight excluding hydrogens is 303 g/mol. The summed E-state index contributed by atoms with van der Waals surface area (Å²) in [7, 11) is 0. The minimum atomic E-state index is -0.967. The number of aromatic carboxylic acids is 1. The van der Waals surface area contributed by atoms with Crippen molar-refractivity contribution in [2.24, 2.45) is 0 Å². The van der Waals surface area contributed by atoms with Gasteiger partial charge in [-0.3, -0.25) is 9.78 Å². The molecule has 0 spiro atoms. The first kappa shape index (κ1) is 15.0. The Morgan fingerprint density at radius 3 is 2.39 bits per heavy atom. The number of nitrogens with zero attached hydrogens (tertiary/aromatic N) is 1. The predicted molar refractivity (Wildman–Crippen MR) is 64.9 cm³/mol. The second-order valence-corrected chi connectivity index (χ2v) is 3.83. The molecule has 3 nitrogen and oxygen atoms in total. The van der Waals surface area contributed by atoms with Gasteiger partial charge in [0.15, 0.2) is 0 Å². The van der Waals surface area contributed by atoms with E-state index in [1.807, 2.05) is 37.3 Å². The van der Waals surface area contributed by atoms with Gasteiger partial charge in [0.25, 0.3) is 5.97 Å². The maximum absolute atomic E-state index is 11.3. The molecule has 2 aromatic rings. The molecule has 1 N–H and O–H groups in total. The van der Waals surface area contributed by atoms with Crippen LogP contribution in [0.25, 0.3) is 11.1 Å². The molecule has 1 aromatic carbocycles. The number of hydrogen-bond acceptors (Lipinski definition) is 2. The maximum Gasteiger partial charge on any atom is 0.281 e. The number of aromatic nitrogens is 1. The third-order valence-corrected chi connectivity index (χ3v) is 2.53. The summed E-state index contributed by atoms with van der Waals surface area (Å²) in [5, 5.41) is 9.24. The number of rotatable bonds is 2. The number of carboxylic acids is 1. The molecule has 0 aliphatic heterocycles. The van der Waals surface area contributed by atoms with E-state index >= 15 is 0 Å². The average molecular weight is 315 g/mol. The van der Waals surface area contributed by atoms with Crippen LogP contribution >= 0.6 is 0 Å². The summed E-state index contributed by atoms with van der Waals surface area (Å²) in [6.45, 7) is 3.52. The maximum atomic E-state index is 11.3. The molecule has 0 aliphatic carbocycles. The molecule has 0 saturated carbocycles. The zero-order chi connectivity index (χ0) is 12.4. The number of carboxylic acid groups (broad SMARTS) is 1. The van der Waals surface area contributed by atoms with E-state index in [2.05, 4.69) is 11.1 Å². The molecule has 4 heteroatoms. The second kappa shape index (κ2) is 6.21. The van der Waals surface area contributed by atoms with E-state index in [0.29, 0.717) is 17.0 Å². The molecule has 2 rings (SSSR count). The number of benzene rings is 1. The molecule has 0 bridgehead atoms. The van der Waals surface area contributed by atoms with Crippen LogP contribution in [0.3, 0.4) is 0 Å². The van der Waals surface area contributed by atoms with Crippen molar-refractivity contribution < 1.29 is 42.6 Å². The first-order valence-electron chi connectivity index (χ1n) is 5.29. The summed E-state index contributed by atoms with van der Waals surface area (Å²) in [5.74, 6) is -0.967. The summed E-state index contributed by atoms with van der Waals surface area (Å²) in [6, 6.07) is 12.4. The summed E-state index contributed by atoms with van der Waals surface area (Å²) in [6.07, 6.45) is 0. The van der Waals surface area contributed by atoms with Crippen LogP contribution in [0, 0.1) is 19.9 Å². The van der Waals surface area contributed by atoms with Crippen molar-refractivity contribution >= 4 is 5.97 Å². The zero-order valence-corrected chi connectivity index (χ0v) is 13.1. The molecule has 1 heterocycles. The third-order valence-electron chi connectivity index (χ3n) is 2.53. The van der Waals surface area contributed by atoms with Gasteiger partial charge in [0, 0.05) is 32.7 Å². The Hall–Kier alpha value is -1.06. The molecule has 18 heavy (non-hydrogen) atoms. The molecule has 0 atom stereocenters. The van der Waals surface area contributed by atoms with Gasteiger partial charge in [-0.2, -0.15) is 11.6 Å². The molecule has 0 saturated heterocycles. The van der Waals surface area contributed by atoms with E-state index in [0.717, 1.165) is 5.56 Å². The van der Waals surface area contributed by atoms with Crippen LogP contribution in [0.4, 0.5) is 0 Å². The van der Waals surface area contributed by atoms with Crippen LogP contribution in [0.5, 0.6) is 0 Å². The normalized spacial score (nSPS) is 9.67. The van der Waals surface area contributed by atoms with Crippen LogP contribution < -0.4 is 0 Å². The van der Waals surface area contributed by atoms with Crippen molar-refractivity contribution in [2.75, 3.05) is 0 Å². The van der Waals surface area contributed by atoms with Crippen LogP contribution in [0.15, 0.2) is 30.3 Å². The van der Waals surface area contributed by atoms with E-state index in [1.165, 1.54) is 0 Å². The van der Waals surface area contributed by atoms with Crippen molar-refractivity contribution in [3.8, 4) is 11.1 Å². The fourth-order valence-corrected chi connectivity index (χ4v) is 1.84. The van der Waals surface area contributed by atoms with Gasteiger partial charge in [-0.1, -0.05) is 18.2 Å². The van der Waals surface area contributed by atoms with Crippen LogP contribution in [-0.4, -0.2) is 16.1 Å². The van der Waals surface area contributed by atoms with Crippen LogP contribution in [0.2, 0.25) is 0 Å². The summed E-state index contributed by atoms with van der Waals surface area (Å²) in [5.41, 5.74) is 2.89. The van der Waals surface area contributed by atoms with Crippen LogP contribution in [-0.2, 0) is 32.7 Å². The third kappa shape index (κ3) is 3.03. The Labute approximate surface area is 131 Å². The number of carbonyl (C=O) groups is 1. The van der Waals surface area contributed by atoms with E-state index in [4.69, 9.17) is 0 Å². The number of hydrogen-bond donors (Lipinski definition) is 1. The fourth-order valence-electron chi connectivity index (χ4n) is 1.84. The molecular formula is C14H12NO2Y-. The van der Waals surface area contributed by atoms with Gasteiger partial charge in [-0.05, 0) is 30.8 Å². The van der Waals surface area contributed by atoms with Crippen molar-refractivity contribution in [1.82, 2.24) is 4.98 Å². The Balaban J connectivity index is 0.00000162. The minimum absolute atomic E-state index is 0. The minimum Gasteiger partial charge on any atom is -0.487 e. The summed E-state index contributed by atoms with van der Waals surface area (Å²) in [4.78, 5) is 15.4. The molecule has 89 valence electrons. The fraction of sp³-hybridized carbons (Fsp3) is 0.143. The molecule has 1 aromatic heterocycles. The molecule has 1 radical (unpaired) electrons. The molecule has 0 fully saturated rings. The number of pyridine rings is 1. The van der Waals surface area contributed by atoms with Gasteiger partial charge in [-0.15, -0.1) is 17.7 Å². The Kier molecular flexibility index (Phi) is 5.18. The van der Waals surface area contributed by atoms with Crippen molar-refractivity contribution in [1.29, 1.82) is 0 Å². The van der Waals surface area contributed by atoms with E-state index in [-0.39, 0.29) is 38.3 Å². The SMILES string of the molecule is Cc1[c-]c(-c2ccccc2)c(C(=O)O)c(C)n1.[Y].